The van der Waals surface area contributed by atoms with E-state index in [1.54, 1.807) is 12.1 Å². The number of nitrogens with two attached hydrogens (primary N) is 1. The Kier molecular flexibility index (Phi) is 4.20. The van der Waals surface area contributed by atoms with Crippen LogP contribution >= 0.6 is 0 Å². The quantitative estimate of drug-likeness (QED) is 0.574. The van der Waals surface area contributed by atoms with Gasteiger partial charge in [0.2, 0.25) is 0 Å². The van der Waals surface area contributed by atoms with Crippen LogP contribution in [-0.4, -0.2) is 17.4 Å². The van der Waals surface area contributed by atoms with E-state index in [1.165, 1.54) is 0 Å². The van der Waals surface area contributed by atoms with Crippen LogP contribution in [0.5, 0.6) is 5.75 Å². The molecule has 0 atom stereocenters. The van der Waals surface area contributed by atoms with Crippen LogP contribution in [-0.2, 0) is 0 Å². The van der Waals surface area contributed by atoms with Gasteiger partial charge in [0.15, 0.2) is 0 Å². The average Bonchev–Trinajstić information content (AvgIpc) is 2.45. The van der Waals surface area contributed by atoms with Gasteiger partial charge in [-0.25, -0.2) is 0 Å². The van der Waals surface area contributed by atoms with E-state index >= 15 is 0 Å². The summed E-state index contributed by atoms with van der Waals surface area (Å²) in [6.45, 7) is 2.65. The van der Waals surface area contributed by atoms with E-state index in [9.17, 15) is 4.79 Å². The molecule has 0 aliphatic heterocycles. The summed E-state index contributed by atoms with van der Waals surface area (Å²) in [6, 6.07) is 10.8. The first-order valence-corrected chi connectivity index (χ1v) is 6.43. The molecule has 0 aliphatic rings. The number of aromatic amines is 1. The zero-order valence-electron chi connectivity index (χ0n) is 11.3. The standard InChI is InChI=1S/C15H17N3O2/c1-2-9-20-13-6-4-3-5-10(13)12-8-7-11(14(16)17)15(19)18-12/h3-8H,2,9H2,1H3,(H3,16,17)(H,18,19). The predicted octanol–water partition coefficient (Wildman–Crippen LogP) is 2.11. The van der Waals surface area contributed by atoms with Crippen molar-refractivity contribution >= 4 is 5.84 Å². The van der Waals surface area contributed by atoms with Crippen LogP contribution in [0.2, 0.25) is 0 Å². The van der Waals surface area contributed by atoms with Gasteiger partial charge in [-0.3, -0.25) is 10.2 Å². The Morgan fingerprint density at radius 2 is 2.05 bits per heavy atom. The summed E-state index contributed by atoms with van der Waals surface area (Å²) in [5.41, 5.74) is 6.59. The van der Waals surface area contributed by atoms with Crippen LogP contribution in [0.15, 0.2) is 41.2 Å². The fourth-order valence-electron chi connectivity index (χ4n) is 1.87. The van der Waals surface area contributed by atoms with Gasteiger partial charge in [0.1, 0.15) is 11.6 Å². The maximum Gasteiger partial charge on any atom is 0.259 e. The first-order chi connectivity index (χ1) is 9.63. The highest BCUT2D eigenvalue weighted by Gasteiger charge is 2.09. The molecule has 20 heavy (non-hydrogen) atoms. The number of hydrogen-bond acceptors (Lipinski definition) is 3. The number of amidine groups is 1. The molecule has 0 radical (unpaired) electrons. The van der Waals surface area contributed by atoms with Gasteiger partial charge in [-0.1, -0.05) is 19.1 Å². The molecule has 5 nitrogen and oxygen atoms in total. The second kappa shape index (κ2) is 6.06. The lowest BCUT2D eigenvalue weighted by atomic mass is 10.1. The number of rotatable bonds is 5. The second-order valence-electron chi connectivity index (χ2n) is 4.37. The fourth-order valence-corrected chi connectivity index (χ4v) is 1.87. The Hall–Kier alpha value is -2.56. The largest absolute Gasteiger partial charge is 0.493 e. The van der Waals surface area contributed by atoms with E-state index in [0.29, 0.717) is 12.3 Å². The van der Waals surface area contributed by atoms with E-state index in [2.05, 4.69) is 4.98 Å². The van der Waals surface area contributed by atoms with Gasteiger partial charge in [0.05, 0.1) is 17.9 Å². The molecule has 2 aromatic rings. The van der Waals surface area contributed by atoms with Gasteiger partial charge in [-0.05, 0) is 30.7 Å². The van der Waals surface area contributed by atoms with Crippen molar-refractivity contribution in [3.05, 3.63) is 52.3 Å². The highest BCUT2D eigenvalue weighted by atomic mass is 16.5. The Morgan fingerprint density at radius 1 is 1.30 bits per heavy atom. The number of nitrogens with one attached hydrogen (secondary N) is 2. The van der Waals surface area contributed by atoms with Crippen molar-refractivity contribution in [1.82, 2.24) is 4.98 Å². The molecule has 0 bridgehead atoms. The normalized spacial score (nSPS) is 10.2. The third-order valence-electron chi connectivity index (χ3n) is 2.84. The first kappa shape index (κ1) is 13.9. The predicted molar refractivity (Wildman–Crippen MR) is 79.3 cm³/mol. The van der Waals surface area contributed by atoms with Gasteiger partial charge in [0, 0.05) is 5.56 Å². The monoisotopic (exact) mass is 271 g/mol. The first-order valence-electron chi connectivity index (χ1n) is 6.43. The van der Waals surface area contributed by atoms with Crippen LogP contribution in [0.3, 0.4) is 0 Å². The maximum absolute atomic E-state index is 11.9. The Bertz CT molecular complexity index is 677. The summed E-state index contributed by atoms with van der Waals surface area (Å²) in [5, 5.41) is 7.32. The molecule has 0 unspecified atom stereocenters. The highest BCUT2D eigenvalue weighted by Crippen LogP contribution is 2.27. The van der Waals surface area contributed by atoms with Crippen molar-refractivity contribution in [2.75, 3.05) is 6.61 Å². The highest BCUT2D eigenvalue weighted by molar-refractivity contribution is 5.94. The number of ether oxygens (including phenoxy) is 1. The van der Waals surface area contributed by atoms with Crippen molar-refractivity contribution in [3.8, 4) is 17.0 Å². The molecule has 5 heteroatoms. The molecule has 0 amide bonds. The SMILES string of the molecule is CCCOc1ccccc1-c1ccc(C(=N)N)c(=O)[nH]1. The van der Waals surface area contributed by atoms with Crippen LogP contribution in [0.4, 0.5) is 0 Å². The summed E-state index contributed by atoms with van der Waals surface area (Å²) >= 11 is 0. The number of para-hydroxylation sites is 1. The van der Waals surface area contributed by atoms with Crippen LogP contribution < -0.4 is 16.0 Å². The Morgan fingerprint density at radius 3 is 2.70 bits per heavy atom. The second-order valence-corrected chi connectivity index (χ2v) is 4.37. The summed E-state index contributed by atoms with van der Waals surface area (Å²) in [6.07, 6.45) is 0.911. The van der Waals surface area contributed by atoms with E-state index in [4.69, 9.17) is 15.9 Å². The number of benzene rings is 1. The number of hydrogen-bond donors (Lipinski definition) is 3. The van der Waals surface area contributed by atoms with Crippen LogP contribution in [0.25, 0.3) is 11.3 Å². The van der Waals surface area contributed by atoms with Gasteiger partial charge >= 0.3 is 0 Å². The summed E-state index contributed by atoms with van der Waals surface area (Å²) in [4.78, 5) is 14.6. The fraction of sp³-hybridized carbons (Fsp3) is 0.200. The third kappa shape index (κ3) is 2.88. The van der Waals surface area contributed by atoms with Crippen molar-refractivity contribution in [2.45, 2.75) is 13.3 Å². The van der Waals surface area contributed by atoms with E-state index < -0.39 is 0 Å². The third-order valence-corrected chi connectivity index (χ3v) is 2.84. The number of aromatic nitrogens is 1. The molecule has 1 heterocycles. The van der Waals surface area contributed by atoms with E-state index in [-0.39, 0.29) is 17.0 Å². The molecule has 0 aliphatic carbocycles. The van der Waals surface area contributed by atoms with Gasteiger partial charge in [-0.15, -0.1) is 0 Å². The van der Waals surface area contributed by atoms with E-state index in [1.807, 2.05) is 31.2 Å². The van der Waals surface area contributed by atoms with Crippen molar-refractivity contribution < 1.29 is 4.74 Å². The topological polar surface area (TPSA) is 92.0 Å². The summed E-state index contributed by atoms with van der Waals surface area (Å²) < 4.78 is 5.67. The molecule has 4 N–H and O–H groups in total. The molecular weight excluding hydrogens is 254 g/mol. The number of nitrogen functional groups attached to an aromatic ring is 1. The average molecular weight is 271 g/mol. The molecule has 0 saturated carbocycles. The molecule has 2 rings (SSSR count). The van der Waals surface area contributed by atoms with E-state index in [0.717, 1.165) is 17.7 Å². The molecular formula is C15H17N3O2. The Balaban J connectivity index is 2.44. The minimum Gasteiger partial charge on any atom is -0.493 e. The Labute approximate surface area is 116 Å². The minimum absolute atomic E-state index is 0.167. The zero-order valence-corrected chi connectivity index (χ0v) is 11.3. The van der Waals surface area contributed by atoms with Crippen LogP contribution in [0, 0.1) is 5.41 Å². The lowest BCUT2D eigenvalue weighted by Crippen LogP contribution is -2.23. The number of H-pyrrole nitrogens is 1. The van der Waals surface area contributed by atoms with Crippen molar-refractivity contribution in [3.63, 3.8) is 0 Å². The summed E-state index contributed by atoms with van der Waals surface area (Å²) in [5.74, 6) is 0.480. The molecule has 1 aromatic heterocycles. The molecule has 0 spiro atoms. The zero-order chi connectivity index (χ0) is 14.5. The minimum atomic E-state index is -0.375. The molecule has 104 valence electrons. The van der Waals surface area contributed by atoms with Gasteiger partial charge in [-0.2, -0.15) is 0 Å². The number of pyridine rings is 1. The summed E-state index contributed by atoms with van der Waals surface area (Å²) in [7, 11) is 0. The van der Waals surface area contributed by atoms with Crippen LogP contribution in [0.1, 0.15) is 18.9 Å². The van der Waals surface area contributed by atoms with Crippen molar-refractivity contribution in [2.24, 2.45) is 5.73 Å². The van der Waals surface area contributed by atoms with Gasteiger partial charge in [0.25, 0.3) is 5.56 Å². The lowest BCUT2D eigenvalue weighted by Gasteiger charge is -2.11. The molecule has 1 aromatic carbocycles. The molecule has 0 saturated heterocycles. The maximum atomic E-state index is 11.9. The molecule has 0 fully saturated rings. The smallest absolute Gasteiger partial charge is 0.259 e. The van der Waals surface area contributed by atoms with Crippen molar-refractivity contribution in [1.29, 1.82) is 5.41 Å². The lowest BCUT2D eigenvalue weighted by molar-refractivity contribution is 0.318. The van der Waals surface area contributed by atoms with Gasteiger partial charge < -0.3 is 15.5 Å².